The van der Waals surface area contributed by atoms with Crippen LogP contribution in [0.1, 0.15) is 6.92 Å². The SMILES string of the molecule is C=CCn1c(-c2ccccc2)nnc1S(=O)(=O)CC. The molecule has 0 aliphatic rings. The molecule has 0 atom stereocenters. The van der Waals surface area contributed by atoms with Crippen LogP contribution in [0, 0.1) is 0 Å². The molecule has 0 bridgehead atoms. The normalized spacial score (nSPS) is 11.4. The number of aromatic nitrogens is 3. The van der Waals surface area contributed by atoms with Gasteiger partial charge in [-0.1, -0.05) is 43.3 Å². The summed E-state index contributed by atoms with van der Waals surface area (Å²) < 4.78 is 25.5. The molecule has 0 spiro atoms. The molecule has 0 saturated carbocycles. The van der Waals surface area contributed by atoms with Gasteiger partial charge in [-0.25, -0.2) is 8.42 Å². The largest absolute Gasteiger partial charge is 0.294 e. The Kier molecular flexibility index (Phi) is 3.80. The third-order valence-electron chi connectivity index (χ3n) is 2.72. The lowest BCUT2D eigenvalue weighted by Crippen LogP contribution is -2.13. The van der Waals surface area contributed by atoms with Crippen LogP contribution in [0.15, 0.2) is 48.1 Å². The second-order valence-electron chi connectivity index (χ2n) is 3.97. The Bertz CT molecular complexity index is 675. The fraction of sp³-hybridized carbons (Fsp3) is 0.231. The fourth-order valence-electron chi connectivity index (χ4n) is 1.74. The minimum Gasteiger partial charge on any atom is -0.294 e. The lowest BCUT2D eigenvalue weighted by molar-refractivity contribution is 0.575. The van der Waals surface area contributed by atoms with Crippen molar-refractivity contribution >= 4 is 9.84 Å². The molecule has 1 aromatic carbocycles. The highest BCUT2D eigenvalue weighted by molar-refractivity contribution is 7.91. The van der Waals surface area contributed by atoms with Crippen molar-refractivity contribution in [2.45, 2.75) is 18.6 Å². The van der Waals surface area contributed by atoms with Crippen LogP contribution in [0.2, 0.25) is 0 Å². The number of hydrogen-bond donors (Lipinski definition) is 0. The lowest BCUT2D eigenvalue weighted by atomic mass is 10.2. The summed E-state index contributed by atoms with van der Waals surface area (Å²) in [4.78, 5) is 0. The number of benzene rings is 1. The maximum absolute atomic E-state index is 12.0. The molecule has 1 heterocycles. The Balaban J connectivity index is 2.62. The van der Waals surface area contributed by atoms with Gasteiger partial charge in [-0.3, -0.25) is 4.57 Å². The maximum atomic E-state index is 12.0. The van der Waals surface area contributed by atoms with Crippen LogP contribution >= 0.6 is 0 Å². The summed E-state index contributed by atoms with van der Waals surface area (Å²) in [6, 6.07) is 9.37. The van der Waals surface area contributed by atoms with Gasteiger partial charge in [0.15, 0.2) is 5.82 Å². The quantitative estimate of drug-likeness (QED) is 0.783. The van der Waals surface area contributed by atoms with Gasteiger partial charge in [0.1, 0.15) is 0 Å². The summed E-state index contributed by atoms with van der Waals surface area (Å²) in [5.74, 6) is 0.532. The van der Waals surface area contributed by atoms with Crippen molar-refractivity contribution in [1.29, 1.82) is 0 Å². The van der Waals surface area contributed by atoms with Gasteiger partial charge in [0.05, 0.1) is 5.75 Å². The maximum Gasteiger partial charge on any atom is 0.250 e. The average molecular weight is 277 g/mol. The van der Waals surface area contributed by atoms with Crippen LogP contribution in [0.25, 0.3) is 11.4 Å². The minimum absolute atomic E-state index is 0.00291. The Morgan fingerprint density at radius 3 is 2.53 bits per heavy atom. The number of sulfone groups is 1. The summed E-state index contributed by atoms with van der Waals surface area (Å²) in [5.41, 5.74) is 0.828. The molecule has 2 rings (SSSR count). The van der Waals surface area contributed by atoms with E-state index >= 15 is 0 Å². The molecular formula is C13H15N3O2S. The summed E-state index contributed by atoms with van der Waals surface area (Å²) in [5, 5.41) is 7.83. The first-order chi connectivity index (χ1) is 9.10. The Morgan fingerprint density at radius 2 is 1.95 bits per heavy atom. The highest BCUT2D eigenvalue weighted by Gasteiger charge is 2.22. The summed E-state index contributed by atoms with van der Waals surface area (Å²) in [6.45, 7) is 5.59. The molecule has 0 N–H and O–H groups in total. The van der Waals surface area contributed by atoms with Crippen LogP contribution < -0.4 is 0 Å². The van der Waals surface area contributed by atoms with Gasteiger partial charge < -0.3 is 0 Å². The van der Waals surface area contributed by atoms with Crippen molar-refractivity contribution in [2.24, 2.45) is 0 Å². The standard InChI is InChI=1S/C13H15N3O2S/c1-3-10-16-12(11-8-6-5-7-9-11)14-15-13(16)19(17,18)4-2/h3,5-9H,1,4,10H2,2H3. The van der Waals surface area contributed by atoms with Gasteiger partial charge >= 0.3 is 0 Å². The molecule has 0 aliphatic heterocycles. The lowest BCUT2D eigenvalue weighted by Gasteiger charge is -2.07. The van der Waals surface area contributed by atoms with Crippen molar-refractivity contribution in [2.75, 3.05) is 5.75 Å². The monoisotopic (exact) mass is 277 g/mol. The first-order valence-corrected chi connectivity index (χ1v) is 7.57. The van der Waals surface area contributed by atoms with Crippen molar-refractivity contribution in [3.8, 4) is 11.4 Å². The van der Waals surface area contributed by atoms with Crippen molar-refractivity contribution in [3.05, 3.63) is 43.0 Å². The predicted octanol–water partition coefficient (Wildman–Crippen LogP) is 1.92. The second-order valence-corrected chi connectivity index (χ2v) is 6.15. The molecule has 6 heteroatoms. The van der Waals surface area contributed by atoms with E-state index in [1.165, 1.54) is 0 Å². The molecule has 19 heavy (non-hydrogen) atoms. The molecule has 100 valence electrons. The summed E-state index contributed by atoms with van der Waals surface area (Å²) in [6.07, 6.45) is 1.63. The molecule has 0 aliphatic carbocycles. The first-order valence-electron chi connectivity index (χ1n) is 5.92. The van der Waals surface area contributed by atoms with E-state index in [0.717, 1.165) is 5.56 Å². The van der Waals surface area contributed by atoms with Crippen LogP contribution in [-0.4, -0.2) is 28.9 Å². The van der Waals surface area contributed by atoms with Crippen LogP contribution in [0.5, 0.6) is 0 Å². The van der Waals surface area contributed by atoms with Gasteiger partial charge in [0.2, 0.25) is 15.0 Å². The Hall–Kier alpha value is -1.95. The molecule has 0 radical (unpaired) electrons. The van der Waals surface area contributed by atoms with Gasteiger partial charge in [0, 0.05) is 12.1 Å². The molecule has 0 saturated heterocycles. The molecular weight excluding hydrogens is 262 g/mol. The van der Waals surface area contributed by atoms with Crippen LogP contribution in [-0.2, 0) is 16.4 Å². The number of hydrogen-bond acceptors (Lipinski definition) is 4. The van der Waals surface area contributed by atoms with Crippen molar-refractivity contribution < 1.29 is 8.42 Å². The van der Waals surface area contributed by atoms with E-state index in [9.17, 15) is 8.42 Å². The van der Waals surface area contributed by atoms with Gasteiger partial charge in [-0.15, -0.1) is 16.8 Å². The van der Waals surface area contributed by atoms with Crippen LogP contribution in [0.4, 0.5) is 0 Å². The smallest absolute Gasteiger partial charge is 0.250 e. The first kappa shape index (κ1) is 13.5. The molecule has 0 amide bonds. The molecule has 2 aromatic rings. The highest BCUT2D eigenvalue weighted by Crippen LogP contribution is 2.20. The van der Waals surface area contributed by atoms with E-state index in [2.05, 4.69) is 16.8 Å². The summed E-state index contributed by atoms with van der Waals surface area (Å²) in [7, 11) is -3.40. The molecule has 0 unspecified atom stereocenters. The van der Waals surface area contributed by atoms with E-state index in [0.29, 0.717) is 12.4 Å². The molecule has 5 nitrogen and oxygen atoms in total. The zero-order chi connectivity index (χ0) is 13.9. The third kappa shape index (κ3) is 2.58. The van der Waals surface area contributed by atoms with E-state index in [-0.39, 0.29) is 10.9 Å². The average Bonchev–Trinajstić information content (AvgIpc) is 2.85. The van der Waals surface area contributed by atoms with Crippen LogP contribution in [0.3, 0.4) is 0 Å². The zero-order valence-corrected chi connectivity index (χ0v) is 11.5. The number of nitrogens with zero attached hydrogens (tertiary/aromatic N) is 3. The van der Waals surface area contributed by atoms with Crippen molar-refractivity contribution in [3.63, 3.8) is 0 Å². The Morgan fingerprint density at radius 1 is 1.26 bits per heavy atom. The highest BCUT2D eigenvalue weighted by atomic mass is 32.2. The second kappa shape index (κ2) is 5.36. The van der Waals surface area contributed by atoms with Gasteiger partial charge in [0.25, 0.3) is 0 Å². The van der Waals surface area contributed by atoms with Crippen molar-refractivity contribution in [1.82, 2.24) is 14.8 Å². The fourth-order valence-corrected chi connectivity index (χ4v) is 2.66. The summed E-state index contributed by atoms with van der Waals surface area (Å²) >= 11 is 0. The van der Waals surface area contributed by atoms with E-state index in [4.69, 9.17) is 0 Å². The number of allylic oxidation sites excluding steroid dienone is 1. The van der Waals surface area contributed by atoms with Gasteiger partial charge in [-0.2, -0.15) is 0 Å². The minimum atomic E-state index is -3.40. The van der Waals surface area contributed by atoms with E-state index in [1.807, 2.05) is 30.3 Å². The molecule has 1 aromatic heterocycles. The predicted molar refractivity (Wildman–Crippen MR) is 73.4 cm³/mol. The van der Waals surface area contributed by atoms with E-state index < -0.39 is 9.84 Å². The van der Waals surface area contributed by atoms with Gasteiger partial charge in [-0.05, 0) is 0 Å². The Labute approximate surface area is 112 Å². The third-order valence-corrected chi connectivity index (χ3v) is 4.34. The topological polar surface area (TPSA) is 64.8 Å². The number of rotatable bonds is 5. The zero-order valence-electron chi connectivity index (χ0n) is 10.7. The van der Waals surface area contributed by atoms with E-state index in [1.54, 1.807) is 17.6 Å². The molecule has 0 fully saturated rings.